The van der Waals surface area contributed by atoms with Crippen molar-refractivity contribution in [3.63, 3.8) is 0 Å². The van der Waals surface area contributed by atoms with Crippen molar-refractivity contribution in [2.75, 3.05) is 24.2 Å². The van der Waals surface area contributed by atoms with E-state index in [1.807, 2.05) is 0 Å². The lowest BCUT2D eigenvalue weighted by Crippen LogP contribution is -2.54. The van der Waals surface area contributed by atoms with Gasteiger partial charge in [0, 0.05) is 12.6 Å². The van der Waals surface area contributed by atoms with Crippen molar-refractivity contribution in [2.24, 2.45) is 0 Å². The van der Waals surface area contributed by atoms with Gasteiger partial charge in [0.2, 0.25) is 21.8 Å². The van der Waals surface area contributed by atoms with Crippen LogP contribution < -0.4 is 14.4 Å². The summed E-state index contributed by atoms with van der Waals surface area (Å²) in [6, 6.07) is 8.07. The Morgan fingerprint density at radius 1 is 1.10 bits per heavy atom. The summed E-state index contributed by atoms with van der Waals surface area (Å²) in [6.07, 6.45) is 0.938. The zero-order valence-electron chi connectivity index (χ0n) is 23.2. The van der Waals surface area contributed by atoms with Crippen LogP contribution in [0.1, 0.15) is 56.6 Å². The fraction of sp³-hybridized carbons (Fsp3) is 0.500. The van der Waals surface area contributed by atoms with Crippen molar-refractivity contribution >= 4 is 39.1 Å². The third-order valence-corrected chi connectivity index (χ3v) is 8.52. The molecular weight excluding hydrogens is 583 g/mol. The van der Waals surface area contributed by atoms with E-state index in [1.165, 1.54) is 12.0 Å². The van der Waals surface area contributed by atoms with Gasteiger partial charge < -0.3 is 15.0 Å². The molecule has 1 aliphatic rings. The molecule has 2 aromatic carbocycles. The Kier molecular flexibility index (Phi) is 10.9. The first-order valence-corrected chi connectivity index (χ1v) is 15.5. The molecule has 1 saturated carbocycles. The Morgan fingerprint density at radius 3 is 2.27 bits per heavy atom. The first-order chi connectivity index (χ1) is 19.2. The van der Waals surface area contributed by atoms with Gasteiger partial charge in [0.25, 0.3) is 0 Å². The minimum absolute atomic E-state index is 0.0281. The van der Waals surface area contributed by atoms with E-state index in [4.69, 9.17) is 16.3 Å². The molecule has 1 atom stereocenters. The maximum Gasteiger partial charge on any atom is 0.416 e. The number of nitrogens with zero attached hydrogens (tertiary/aromatic N) is 2. The van der Waals surface area contributed by atoms with Crippen molar-refractivity contribution in [1.29, 1.82) is 0 Å². The van der Waals surface area contributed by atoms with Gasteiger partial charge in [0.15, 0.2) is 0 Å². The van der Waals surface area contributed by atoms with Crippen LogP contribution in [-0.2, 0) is 32.3 Å². The molecular formula is C28H35ClF3N3O5S. The van der Waals surface area contributed by atoms with Gasteiger partial charge in [-0.15, -0.1) is 0 Å². The number of rotatable bonds is 11. The smallest absolute Gasteiger partial charge is 0.416 e. The molecule has 1 N–H and O–H groups in total. The monoisotopic (exact) mass is 617 g/mol. The van der Waals surface area contributed by atoms with Crippen molar-refractivity contribution < 1.29 is 35.9 Å². The second-order valence-electron chi connectivity index (χ2n) is 10.1. The largest absolute Gasteiger partial charge is 0.497 e. The number of carbonyl (C=O) groups is 2. The summed E-state index contributed by atoms with van der Waals surface area (Å²) in [5.41, 5.74) is -0.959. The first kappa shape index (κ1) is 32.5. The molecule has 0 bridgehead atoms. The number of benzene rings is 2. The molecule has 13 heteroatoms. The third-order valence-electron chi connectivity index (χ3n) is 7.07. The van der Waals surface area contributed by atoms with E-state index >= 15 is 0 Å². The van der Waals surface area contributed by atoms with E-state index in [0.717, 1.165) is 50.5 Å². The van der Waals surface area contributed by atoms with Crippen molar-refractivity contribution in [3.05, 3.63) is 58.6 Å². The quantitative estimate of drug-likeness (QED) is 0.365. The van der Waals surface area contributed by atoms with Gasteiger partial charge in [-0.3, -0.25) is 13.9 Å². The standard InChI is InChI=1S/C28H35ClF3N3O5S/c1-4-24(27(37)33-21-8-6-5-7-9-21)34(17-19-10-13-22(40-2)14-11-19)26(36)18-35(41(3,38)39)25-16-20(28(30,31)32)12-15-23(25)29/h10-16,21,24H,4-9,17-18H2,1-3H3,(H,33,37)/t24-/m1/s1. The highest BCUT2D eigenvalue weighted by molar-refractivity contribution is 7.92. The number of methoxy groups -OCH3 is 1. The number of sulfonamides is 1. The van der Waals surface area contributed by atoms with Crippen LogP contribution in [0, 0.1) is 0 Å². The van der Waals surface area contributed by atoms with Crippen LogP contribution >= 0.6 is 11.6 Å². The molecule has 41 heavy (non-hydrogen) atoms. The van der Waals surface area contributed by atoms with Gasteiger partial charge in [-0.25, -0.2) is 8.42 Å². The Hall–Kier alpha value is -2.99. The molecule has 8 nitrogen and oxygen atoms in total. The number of carbonyl (C=O) groups excluding carboxylic acids is 2. The highest BCUT2D eigenvalue weighted by Gasteiger charge is 2.35. The topological polar surface area (TPSA) is 96.0 Å². The lowest BCUT2D eigenvalue weighted by Gasteiger charge is -2.34. The van der Waals surface area contributed by atoms with E-state index in [0.29, 0.717) is 21.7 Å². The number of anilines is 1. The van der Waals surface area contributed by atoms with Crippen LogP contribution in [-0.4, -0.2) is 57.1 Å². The molecule has 0 aromatic heterocycles. The van der Waals surface area contributed by atoms with Crippen molar-refractivity contribution in [1.82, 2.24) is 10.2 Å². The van der Waals surface area contributed by atoms with Crippen LogP contribution in [0.2, 0.25) is 5.02 Å². The summed E-state index contributed by atoms with van der Waals surface area (Å²) in [4.78, 5) is 28.5. The summed E-state index contributed by atoms with van der Waals surface area (Å²) in [5, 5.41) is 2.75. The van der Waals surface area contributed by atoms with Crippen LogP contribution in [0.3, 0.4) is 0 Å². The van der Waals surface area contributed by atoms with Gasteiger partial charge in [0.1, 0.15) is 18.3 Å². The van der Waals surface area contributed by atoms with Crippen molar-refractivity contribution in [2.45, 2.75) is 70.3 Å². The predicted molar refractivity (Wildman–Crippen MR) is 151 cm³/mol. The molecule has 0 heterocycles. The number of halogens is 4. The van der Waals surface area contributed by atoms with E-state index in [2.05, 4.69) is 5.32 Å². The lowest BCUT2D eigenvalue weighted by atomic mass is 9.95. The normalized spacial score (nSPS) is 15.2. The molecule has 226 valence electrons. The van der Waals surface area contributed by atoms with Gasteiger partial charge in [-0.1, -0.05) is 49.9 Å². The second-order valence-corrected chi connectivity index (χ2v) is 12.4. The summed E-state index contributed by atoms with van der Waals surface area (Å²) in [6.45, 7) is 0.827. The number of nitrogens with one attached hydrogen (secondary N) is 1. The van der Waals surface area contributed by atoms with E-state index < -0.39 is 45.9 Å². The van der Waals surface area contributed by atoms with Crippen LogP contribution in [0.5, 0.6) is 5.75 Å². The summed E-state index contributed by atoms with van der Waals surface area (Å²) >= 11 is 6.14. The number of alkyl halides is 3. The van der Waals surface area contributed by atoms with Crippen LogP contribution in [0.15, 0.2) is 42.5 Å². The van der Waals surface area contributed by atoms with E-state index in [1.54, 1.807) is 31.2 Å². The molecule has 1 aliphatic carbocycles. The molecule has 0 unspecified atom stereocenters. The minimum atomic E-state index is -4.77. The summed E-state index contributed by atoms with van der Waals surface area (Å²) in [5.74, 6) is -0.564. The van der Waals surface area contributed by atoms with Crippen molar-refractivity contribution in [3.8, 4) is 5.75 Å². The average molecular weight is 618 g/mol. The third kappa shape index (κ3) is 8.75. The van der Waals surface area contributed by atoms with Gasteiger partial charge in [-0.05, 0) is 55.2 Å². The molecule has 0 saturated heterocycles. The molecule has 1 fully saturated rings. The molecule has 0 spiro atoms. The zero-order chi connectivity index (χ0) is 30.4. The Labute approximate surface area is 243 Å². The number of hydrogen-bond donors (Lipinski definition) is 1. The number of amides is 2. The SMILES string of the molecule is CC[C@H](C(=O)NC1CCCCC1)N(Cc1ccc(OC)cc1)C(=O)CN(c1cc(C(F)(F)F)ccc1Cl)S(C)(=O)=O. The molecule has 0 radical (unpaired) electrons. The molecule has 2 aromatic rings. The summed E-state index contributed by atoms with van der Waals surface area (Å²) in [7, 11) is -2.77. The highest BCUT2D eigenvalue weighted by Crippen LogP contribution is 2.36. The Bertz CT molecular complexity index is 1320. The average Bonchev–Trinajstić information content (AvgIpc) is 2.91. The predicted octanol–water partition coefficient (Wildman–Crippen LogP) is 5.39. The fourth-order valence-electron chi connectivity index (χ4n) is 4.87. The molecule has 2 amide bonds. The summed E-state index contributed by atoms with van der Waals surface area (Å²) < 4.78 is 71.6. The second kappa shape index (κ2) is 13.8. The highest BCUT2D eigenvalue weighted by atomic mass is 35.5. The number of hydrogen-bond acceptors (Lipinski definition) is 5. The van der Waals surface area contributed by atoms with Crippen LogP contribution in [0.4, 0.5) is 18.9 Å². The fourth-order valence-corrected chi connectivity index (χ4v) is 5.99. The molecule has 0 aliphatic heterocycles. The molecule has 3 rings (SSSR count). The Morgan fingerprint density at radius 2 is 1.73 bits per heavy atom. The van der Waals surface area contributed by atoms with E-state index in [-0.39, 0.29) is 29.9 Å². The zero-order valence-corrected chi connectivity index (χ0v) is 24.8. The van der Waals surface area contributed by atoms with Gasteiger partial charge >= 0.3 is 6.18 Å². The van der Waals surface area contributed by atoms with Gasteiger partial charge in [0.05, 0.1) is 29.6 Å². The minimum Gasteiger partial charge on any atom is -0.497 e. The van der Waals surface area contributed by atoms with E-state index in [9.17, 15) is 31.2 Å². The lowest BCUT2D eigenvalue weighted by molar-refractivity contribution is -0.140. The first-order valence-electron chi connectivity index (χ1n) is 13.3. The maximum absolute atomic E-state index is 13.8. The maximum atomic E-state index is 13.8. The Balaban J connectivity index is 1.98. The van der Waals surface area contributed by atoms with Gasteiger partial charge in [-0.2, -0.15) is 13.2 Å². The van der Waals surface area contributed by atoms with Crippen LogP contribution in [0.25, 0.3) is 0 Å². The number of ether oxygens (including phenoxy) is 1.